The van der Waals surface area contributed by atoms with Crippen molar-refractivity contribution in [1.82, 2.24) is 14.5 Å². The molecule has 90 valence electrons. The van der Waals surface area contributed by atoms with Crippen LogP contribution in [0.25, 0.3) is 0 Å². The van der Waals surface area contributed by atoms with Crippen molar-refractivity contribution in [3.8, 4) is 6.07 Å². The Morgan fingerprint density at radius 3 is 2.83 bits per heavy atom. The molecule has 0 fully saturated rings. The van der Waals surface area contributed by atoms with Gasteiger partial charge in [-0.2, -0.15) is 5.26 Å². The number of nitriles is 1. The molecule has 0 unspecified atom stereocenters. The van der Waals surface area contributed by atoms with Gasteiger partial charge in [0.2, 0.25) is 0 Å². The predicted octanol–water partition coefficient (Wildman–Crippen LogP) is 0.160. The van der Waals surface area contributed by atoms with E-state index in [4.69, 9.17) is 5.26 Å². The van der Waals surface area contributed by atoms with Crippen LogP contribution in [0.2, 0.25) is 0 Å². The second-order valence-corrected chi connectivity index (χ2v) is 3.85. The van der Waals surface area contributed by atoms with E-state index in [0.29, 0.717) is 0 Å². The highest BCUT2D eigenvalue weighted by Crippen LogP contribution is 2.00. The van der Waals surface area contributed by atoms with Gasteiger partial charge in [0.15, 0.2) is 0 Å². The van der Waals surface area contributed by atoms with E-state index in [-0.39, 0.29) is 12.1 Å². The van der Waals surface area contributed by atoms with Gasteiger partial charge in [-0.3, -0.25) is 19.3 Å². The molecular weight excluding hydrogens is 232 g/mol. The van der Waals surface area contributed by atoms with Crippen molar-refractivity contribution in [3.05, 3.63) is 62.2 Å². The van der Waals surface area contributed by atoms with Crippen LogP contribution in [0.5, 0.6) is 0 Å². The molecule has 0 aliphatic rings. The number of hydrogen-bond acceptors (Lipinski definition) is 4. The molecule has 0 atom stereocenters. The number of nitrogens with zero attached hydrogens (tertiary/aromatic N) is 3. The normalized spacial score (nSPS) is 10.0. The van der Waals surface area contributed by atoms with Crippen molar-refractivity contribution < 1.29 is 0 Å². The van der Waals surface area contributed by atoms with E-state index < -0.39 is 11.2 Å². The van der Waals surface area contributed by atoms with Crippen molar-refractivity contribution in [1.29, 1.82) is 5.26 Å². The van der Waals surface area contributed by atoms with Crippen LogP contribution in [0.1, 0.15) is 16.8 Å². The smallest absolute Gasteiger partial charge is 0.295 e. The Kier molecular flexibility index (Phi) is 3.06. The van der Waals surface area contributed by atoms with Crippen molar-refractivity contribution in [2.75, 3.05) is 0 Å². The van der Waals surface area contributed by atoms with Crippen molar-refractivity contribution in [3.63, 3.8) is 0 Å². The number of pyridine rings is 1. The van der Waals surface area contributed by atoms with E-state index in [9.17, 15) is 9.59 Å². The Balaban J connectivity index is 2.41. The third kappa shape index (κ3) is 2.35. The lowest BCUT2D eigenvalue weighted by molar-refractivity contribution is 0.715. The molecule has 0 radical (unpaired) electrons. The summed E-state index contributed by atoms with van der Waals surface area (Å²) in [5, 5.41) is 8.74. The molecule has 18 heavy (non-hydrogen) atoms. The SMILES string of the molecule is Cc1ccc(Cn2cc(C#N)c(=O)[nH]c2=O)cn1. The molecule has 0 bridgehead atoms. The Hall–Kier alpha value is -2.68. The van der Waals surface area contributed by atoms with Crippen LogP contribution in [-0.2, 0) is 6.54 Å². The average Bonchev–Trinajstić information content (AvgIpc) is 2.35. The van der Waals surface area contributed by atoms with Gasteiger partial charge in [0, 0.05) is 18.1 Å². The summed E-state index contributed by atoms with van der Waals surface area (Å²) in [6.45, 7) is 2.13. The lowest BCUT2D eigenvalue weighted by atomic mass is 10.2. The zero-order valence-corrected chi connectivity index (χ0v) is 9.67. The van der Waals surface area contributed by atoms with Gasteiger partial charge in [-0.1, -0.05) is 6.07 Å². The molecule has 0 aromatic carbocycles. The predicted molar refractivity (Wildman–Crippen MR) is 64.1 cm³/mol. The summed E-state index contributed by atoms with van der Waals surface area (Å²) in [5.41, 5.74) is 0.402. The fourth-order valence-corrected chi connectivity index (χ4v) is 1.50. The maximum Gasteiger partial charge on any atom is 0.328 e. The third-order valence-electron chi connectivity index (χ3n) is 2.46. The highest BCUT2D eigenvalue weighted by molar-refractivity contribution is 5.22. The molecule has 6 nitrogen and oxygen atoms in total. The number of aromatic nitrogens is 3. The first-order valence-electron chi connectivity index (χ1n) is 5.25. The first kappa shape index (κ1) is 11.8. The monoisotopic (exact) mass is 242 g/mol. The average molecular weight is 242 g/mol. The highest BCUT2D eigenvalue weighted by Gasteiger charge is 2.04. The molecule has 6 heteroatoms. The fourth-order valence-electron chi connectivity index (χ4n) is 1.50. The Bertz CT molecular complexity index is 719. The quantitative estimate of drug-likeness (QED) is 0.812. The van der Waals surface area contributed by atoms with Crippen LogP contribution in [0.3, 0.4) is 0 Å². The van der Waals surface area contributed by atoms with Crippen LogP contribution in [0.15, 0.2) is 34.1 Å². The summed E-state index contributed by atoms with van der Waals surface area (Å²) < 4.78 is 1.27. The lowest BCUT2D eigenvalue weighted by Gasteiger charge is -2.05. The molecular formula is C12H10N4O2. The van der Waals surface area contributed by atoms with Crippen LogP contribution in [-0.4, -0.2) is 14.5 Å². The summed E-state index contributed by atoms with van der Waals surface area (Å²) >= 11 is 0. The summed E-state index contributed by atoms with van der Waals surface area (Å²) in [6, 6.07) is 5.41. The summed E-state index contributed by atoms with van der Waals surface area (Å²) in [7, 11) is 0. The van der Waals surface area contributed by atoms with Crippen molar-refractivity contribution >= 4 is 0 Å². The largest absolute Gasteiger partial charge is 0.328 e. The van der Waals surface area contributed by atoms with Gasteiger partial charge in [-0.25, -0.2) is 4.79 Å². The van der Waals surface area contributed by atoms with Crippen LogP contribution in [0, 0.1) is 18.3 Å². The number of rotatable bonds is 2. The maximum atomic E-state index is 11.6. The Morgan fingerprint density at radius 2 is 2.22 bits per heavy atom. The molecule has 0 saturated heterocycles. The first-order valence-corrected chi connectivity index (χ1v) is 5.25. The molecule has 2 aromatic heterocycles. The number of hydrogen-bond donors (Lipinski definition) is 1. The van der Waals surface area contributed by atoms with Gasteiger partial charge in [-0.15, -0.1) is 0 Å². The van der Waals surface area contributed by atoms with Gasteiger partial charge < -0.3 is 0 Å². The fraction of sp³-hybridized carbons (Fsp3) is 0.167. The Labute approximate surface area is 102 Å². The second-order valence-electron chi connectivity index (χ2n) is 3.85. The number of H-pyrrole nitrogens is 1. The van der Waals surface area contributed by atoms with Crippen LogP contribution >= 0.6 is 0 Å². The van der Waals surface area contributed by atoms with E-state index in [1.54, 1.807) is 12.3 Å². The molecule has 0 saturated carbocycles. The van der Waals surface area contributed by atoms with Gasteiger partial charge >= 0.3 is 5.69 Å². The number of aryl methyl sites for hydroxylation is 1. The molecule has 1 N–H and O–H groups in total. The molecule has 0 aliphatic heterocycles. The lowest BCUT2D eigenvalue weighted by Crippen LogP contribution is -2.31. The Morgan fingerprint density at radius 1 is 1.44 bits per heavy atom. The van der Waals surface area contributed by atoms with E-state index in [2.05, 4.69) is 9.97 Å². The van der Waals surface area contributed by atoms with Gasteiger partial charge in [0.25, 0.3) is 5.56 Å². The molecule has 0 aliphatic carbocycles. The minimum absolute atomic E-state index is 0.0883. The molecule has 2 aromatic rings. The molecule has 2 rings (SSSR count). The van der Waals surface area contributed by atoms with Crippen molar-refractivity contribution in [2.45, 2.75) is 13.5 Å². The van der Waals surface area contributed by atoms with E-state index in [1.165, 1.54) is 10.8 Å². The van der Waals surface area contributed by atoms with Gasteiger partial charge in [0.05, 0.1) is 6.54 Å². The maximum absolute atomic E-state index is 11.6. The number of nitrogens with one attached hydrogen (secondary N) is 1. The topological polar surface area (TPSA) is 91.5 Å². The minimum atomic E-state index is -0.666. The molecule has 0 amide bonds. The zero-order valence-electron chi connectivity index (χ0n) is 9.67. The van der Waals surface area contributed by atoms with Gasteiger partial charge in [0.1, 0.15) is 11.6 Å². The highest BCUT2D eigenvalue weighted by atomic mass is 16.2. The van der Waals surface area contributed by atoms with Crippen LogP contribution < -0.4 is 11.2 Å². The third-order valence-corrected chi connectivity index (χ3v) is 2.46. The van der Waals surface area contributed by atoms with Crippen molar-refractivity contribution in [2.24, 2.45) is 0 Å². The standard InChI is InChI=1S/C12H10N4O2/c1-8-2-3-9(5-14-8)6-16-7-10(4-13)11(17)15-12(16)18/h2-3,5,7H,6H2,1H3,(H,15,17,18). The minimum Gasteiger partial charge on any atom is -0.295 e. The zero-order chi connectivity index (χ0) is 13.1. The molecule has 0 spiro atoms. The van der Waals surface area contributed by atoms with E-state index in [0.717, 1.165) is 11.3 Å². The van der Waals surface area contributed by atoms with E-state index >= 15 is 0 Å². The van der Waals surface area contributed by atoms with Gasteiger partial charge in [-0.05, 0) is 18.6 Å². The van der Waals surface area contributed by atoms with E-state index in [1.807, 2.05) is 19.1 Å². The summed E-state index contributed by atoms with van der Waals surface area (Å²) in [4.78, 5) is 29.0. The van der Waals surface area contributed by atoms with Crippen LogP contribution in [0.4, 0.5) is 0 Å². The number of aromatic amines is 1. The summed E-state index contributed by atoms with van der Waals surface area (Å²) in [6.07, 6.45) is 2.90. The molecule has 2 heterocycles. The first-order chi connectivity index (χ1) is 8.60. The second kappa shape index (κ2) is 4.67. The summed E-state index contributed by atoms with van der Waals surface area (Å²) in [5.74, 6) is 0.